The molecule has 0 aliphatic carbocycles. The number of β-lactam (4-membered cyclic amide) rings is 1. The van der Waals surface area contributed by atoms with Crippen LogP contribution in [0.3, 0.4) is 0 Å². The number of methoxy groups -OCH3 is 1. The number of rotatable bonds is 4. The smallest absolute Gasteiger partial charge is 0.329 e. The highest BCUT2D eigenvalue weighted by molar-refractivity contribution is 6.74. The van der Waals surface area contributed by atoms with Crippen molar-refractivity contribution in [3.05, 3.63) is 0 Å². The van der Waals surface area contributed by atoms with Gasteiger partial charge in [-0.2, -0.15) is 0 Å². The largest absolute Gasteiger partial charge is 0.467 e. The van der Waals surface area contributed by atoms with Gasteiger partial charge in [-0.15, -0.1) is 0 Å². The molecular formula is C13H25NO4Si. The SMILES string of the molecule is COC(=O)[C@@H]1NC(=O)[C@@H]1[C@H](C)O[Si](C)(C)C(C)(C)C. The van der Waals surface area contributed by atoms with Crippen molar-refractivity contribution in [3.8, 4) is 0 Å². The summed E-state index contributed by atoms with van der Waals surface area (Å²) >= 11 is 0. The molecule has 110 valence electrons. The van der Waals surface area contributed by atoms with Crippen molar-refractivity contribution in [1.82, 2.24) is 5.32 Å². The molecule has 0 saturated carbocycles. The minimum atomic E-state index is -1.95. The lowest BCUT2D eigenvalue weighted by Gasteiger charge is -2.44. The summed E-state index contributed by atoms with van der Waals surface area (Å²) in [5.74, 6) is -0.988. The van der Waals surface area contributed by atoms with Crippen molar-refractivity contribution >= 4 is 20.2 Å². The number of carbonyl (C=O) groups is 2. The van der Waals surface area contributed by atoms with E-state index < -0.39 is 26.2 Å². The second-order valence-electron chi connectivity index (χ2n) is 6.62. The van der Waals surface area contributed by atoms with Crippen molar-refractivity contribution in [2.75, 3.05) is 7.11 Å². The molecule has 0 aromatic rings. The fraction of sp³-hybridized carbons (Fsp3) is 0.846. The fourth-order valence-electron chi connectivity index (χ4n) is 1.93. The lowest BCUT2D eigenvalue weighted by atomic mass is 9.86. The van der Waals surface area contributed by atoms with Crippen LogP contribution in [0.25, 0.3) is 0 Å². The van der Waals surface area contributed by atoms with Gasteiger partial charge in [-0.05, 0) is 25.1 Å². The summed E-state index contributed by atoms with van der Waals surface area (Å²) in [6.45, 7) is 12.6. The van der Waals surface area contributed by atoms with Crippen LogP contribution in [0.2, 0.25) is 18.1 Å². The normalized spacial score (nSPS) is 25.3. The molecule has 0 radical (unpaired) electrons. The van der Waals surface area contributed by atoms with E-state index in [1.165, 1.54) is 7.11 Å². The summed E-state index contributed by atoms with van der Waals surface area (Å²) in [7, 11) is -0.627. The number of amides is 1. The van der Waals surface area contributed by atoms with E-state index in [0.29, 0.717) is 0 Å². The Morgan fingerprint density at radius 2 is 1.89 bits per heavy atom. The summed E-state index contributed by atoms with van der Waals surface area (Å²) < 4.78 is 10.9. The number of ether oxygens (including phenoxy) is 1. The van der Waals surface area contributed by atoms with Crippen LogP contribution in [-0.2, 0) is 18.8 Å². The molecule has 1 aliphatic heterocycles. The first-order chi connectivity index (χ1) is 8.51. The highest BCUT2D eigenvalue weighted by Gasteiger charge is 2.50. The molecule has 1 amide bonds. The van der Waals surface area contributed by atoms with Crippen molar-refractivity contribution < 1.29 is 18.8 Å². The van der Waals surface area contributed by atoms with Gasteiger partial charge in [0.05, 0.1) is 19.1 Å². The Kier molecular flexibility index (Phi) is 4.46. The van der Waals surface area contributed by atoms with Crippen molar-refractivity contribution in [2.45, 2.75) is 58.0 Å². The maximum atomic E-state index is 11.7. The monoisotopic (exact) mass is 287 g/mol. The van der Waals surface area contributed by atoms with Gasteiger partial charge in [-0.25, -0.2) is 4.79 Å². The van der Waals surface area contributed by atoms with E-state index in [9.17, 15) is 9.59 Å². The van der Waals surface area contributed by atoms with Gasteiger partial charge in [0, 0.05) is 0 Å². The number of hydrogen-bond donors (Lipinski definition) is 1. The van der Waals surface area contributed by atoms with Gasteiger partial charge >= 0.3 is 5.97 Å². The maximum absolute atomic E-state index is 11.7. The third-order valence-electron chi connectivity index (χ3n) is 4.21. The average Bonchev–Trinajstić information content (AvgIpc) is 2.22. The maximum Gasteiger partial charge on any atom is 0.329 e. The zero-order valence-corrected chi connectivity index (χ0v) is 13.9. The molecular weight excluding hydrogens is 262 g/mol. The van der Waals surface area contributed by atoms with Crippen LogP contribution in [-0.4, -0.2) is 39.4 Å². The zero-order valence-electron chi connectivity index (χ0n) is 12.9. The van der Waals surface area contributed by atoms with Crippen LogP contribution >= 0.6 is 0 Å². The molecule has 1 N–H and O–H groups in total. The van der Waals surface area contributed by atoms with Crippen LogP contribution in [0.4, 0.5) is 0 Å². The molecule has 1 saturated heterocycles. The van der Waals surface area contributed by atoms with E-state index in [4.69, 9.17) is 4.43 Å². The van der Waals surface area contributed by atoms with Crippen LogP contribution < -0.4 is 5.32 Å². The second kappa shape index (κ2) is 5.24. The van der Waals surface area contributed by atoms with Gasteiger partial charge in [0.25, 0.3) is 0 Å². The summed E-state index contributed by atoms with van der Waals surface area (Å²) in [6.07, 6.45) is -0.279. The van der Waals surface area contributed by atoms with Crippen LogP contribution in [0, 0.1) is 5.92 Å². The Hall–Kier alpha value is -0.883. The van der Waals surface area contributed by atoms with Crippen LogP contribution in [0.5, 0.6) is 0 Å². The van der Waals surface area contributed by atoms with E-state index in [2.05, 4.69) is 43.9 Å². The molecule has 1 rings (SSSR count). The fourth-order valence-corrected chi connectivity index (χ4v) is 3.36. The highest BCUT2D eigenvalue weighted by Crippen LogP contribution is 2.39. The van der Waals surface area contributed by atoms with Crippen molar-refractivity contribution in [1.29, 1.82) is 0 Å². The number of hydrogen-bond acceptors (Lipinski definition) is 4. The summed E-state index contributed by atoms with van der Waals surface area (Å²) in [4.78, 5) is 23.2. The minimum Gasteiger partial charge on any atom is -0.467 e. The van der Waals surface area contributed by atoms with Gasteiger partial charge in [-0.1, -0.05) is 20.8 Å². The van der Waals surface area contributed by atoms with E-state index in [1.54, 1.807) is 0 Å². The summed E-state index contributed by atoms with van der Waals surface area (Å²) in [6, 6.07) is -0.572. The molecule has 19 heavy (non-hydrogen) atoms. The molecule has 5 nitrogen and oxygen atoms in total. The highest BCUT2D eigenvalue weighted by atomic mass is 28.4. The summed E-state index contributed by atoms with van der Waals surface area (Å²) in [5, 5.41) is 2.64. The second-order valence-corrected chi connectivity index (χ2v) is 11.4. The van der Waals surface area contributed by atoms with Gasteiger partial charge in [0.2, 0.25) is 5.91 Å². The molecule has 0 unspecified atom stereocenters. The molecule has 6 heteroatoms. The Labute approximate surface area is 116 Å². The Morgan fingerprint density at radius 1 is 1.37 bits per heavy atom. The van der Waals surface area contributed by atoms with Gasteiger partial charge in [0.1, 0.15) is 6.04 Å². The third kappa shape index (κ3) is 3.17. The molecule has 3 atom stereocenters. The first-order valence-electron chi connectivity index (χ1n) is 6.57. The van der Waals surface area contributed by atoms with E-state index in [-0.39, 0.29) is 17.0 Å². The molecule has 0 aromatic carbocycles. The van der Waals surface area contributed by atoms with E-state index >= 15 is 0 Å². The van der Waals surface area contributed by atoms with Crippen LogP contribution in [0.15, 0.2) is 0 Å². The number of carbonyl (C=O) groups excluding carboxylic acids is 2. The van der Waals surface area contributed by atoms with Gasteiger partial charge in [-0.3, -0.25) is 4.79 Å². The van der Waals surface area contributed by atoms with Crippen molar-refractivity contribution in [2.24, 2.45) is 5.92 Å². The van der Waals surface area contributed by atoms with Crippen LogP contribution in [0.1, 0.15) is 27.7 Å². The van der Waals surface area contributed by atoms with Gasteiger partial charge < -0.3 is 14.5 Å². The van der Waals surface area contributed by atoms with Crippen molar-refractivity contribution in [3.63, 3.8) is 0 Å². The molecule has 1 heterocycles. The quantitative estimate of drug-likeness (QED) is 0.485. The third-order valence-corrected chi connectivity index (χ3v) is 8.78. The topological polar surface area (TPSA) is 64.6 Å². The predicted molar refractivity (Wildman–Crippen MR) is 75.2 cm³/mol. The molecule has 1 fully saturated rings. The van der Waals surface area contributed by atoms with E-state index in [1.807, 2.05) is 6.92 Å². The van der Waals surface area contributed by atoms with Gasteiger partial charge in [0.15, 0.2) is 8.32 Å². The standard InChI is InChI=1S/C13H25NO4Si/c1-8(18-19(6,7)13(2,3)4)9-10(12(16)17-5)14-11(9)15/h8-10H,1-7H3,(H,14,15)/t8-,9+,10+/m0/s1. The predicted octanol–water partition coefficient (Wildman–Crippen LogP) is 1.68. The molecule has 0 bridgehead atoms. The van der Waals surface area contributed by atoms with E-state index in [0.717, 1.165) is 0 Å². The number of esters is 1. The zero-order chi connectivity index (χ0) is 15.0. The Morgan fingerprint density at radius 3 is 2.26 bits per heavy atom. The lowest BCUT2D eigenvalue weighted by Crippen LogP contribution is -2.66. The molecule has 1 aliphatic rings. The average molecular weight is 287 g/mol. The number of nitrogens with one attached hydrogen (secondary N) is 1. The Bertz CT molecular complexity index is 375. The molecule has 0 spiro atoms. The first-order valence-corrected chi connectivity index (χ1v) is 9.48. The Balaban J connectivity index is 2.75. The first kappa shape index (κ1) is 16.2. The molecule has 0 aromatic heterocycles. The summed E-state index contributed by atoms with van der Waals surface area (Å²) in [5.41, 5.74) is 0. The lowest BCUT2D eigenvalue weighted by molar-refractivity contribution is -0.159. The minimum absolute atomic E-state index is 0.0717.